The quantitative estimate of drug-likeness (QED) is 0.606. The molecule has 0 unspecified atom stereocenters. The lowest BCUT2D eigenvalue weighted by Gasteiger charge is -2.24. The van der Waals surface area contributed by atoms with Crippen LogP contribution in [0.4, 0.5) is 0 Å². The Hall–Kier alpha value is -1.59. The molecule has 0 saturated carbocycles. The molecular formula is C14H27N3O3. The number of nitrogens with one attached hydrogen (secondary N) is 2. The van der Waals surface area contributed by atoms with Gasteiger partial charge in [0.15, 0.2) is 0 Å². The second-order valence-corrected chi connectivity index (χ2v) is 5.33. The van der Waals surface area contributed by atoms with Crippen molar-refractivity contribution < 1.29 is 14.4 Å². The van der Waals surface area contributed by atoms with E-state index in [0.29, 0.717) is 25.6 Å². The molecule has 0 aliphatic carbocycles. The fraction of sp³-hybridized carbons (Fsp3) is 0.786. The van der Waals surface area contributed by atoms with Crippen LogP contribution in [0.15, 0.2) is 0 Å². The fourth-order valence-corrected chi connectivity index (χ4v) is 1.76. The van der Waals surface area contributed by atoms with Crippen LogP contribution < -0.4 is 10.6 Å². The third kappa shape index (κ3) is 10.3. The van der Waals surface area contributed by atoms with Crippen LogP contribution in [0.1, 0.15) is 40.5 Å². The third-order valence-electron chi connectivity index (χ3n) is 2.66. The SMILES string of the molecule is CC(=O)NCCCCN(CC(C)C)C(=O)CNC(C)=O. The number of nitrogens with zero attached hydrogens (tertiary/aromatic N) is 1. The maximum absolute atomic E-state index is 12.0. The number of hydrogen-bond donors (Lipinski definition) is 2. The molecule has 0 rings (SSSR count). The molecule has 6 heteroatoms. The molecule has 0 atom stereocenters. The van der Waals surface area contributed by atoms with Gasteiger partial charge in [0.2, 0.25) is 17.7 Å². The van der Waals surface area contributed by atoms with Gasteiger partial charge in [0, 0.05) is 33.5 Å². The van der Waals surface area contributed by atoms with E-state index >= 15 is 0 Å². The van der Waals surface area contributed by atoms with E-state index in [9.17, 15) is 14.4 Å². The van der Waals surface area contributed by atoms with Gasteiger partial charge in [0.25, 0.3) is 0 Å². The number of unbranched alkanes of at least 4 members (excludes halogenated alkanes) is 1. The van der Waals surface area contributed by atoms with Gasteiger partial charge < -0.3 is 15.5 Å². The number of carbonyl (C=O) groups excluding carboxylic acids is 3. The largest absolute Gasteiger partial charge is 0.356 e. The summed E-state index contributed by atoms with van der Waals surface area (Å²) >= 11 is 0. The van der Waals surface area contributed by atoms with Crippen molar-refractivity contribution in [1.82, 2.24) is 15.5 Å². The topological polar surface area (TPSA) is 78.5 Å². The van der Waals surface area contributed by atoms with Crippen molar-refractivity contribution in [3.05, 3.63) is 0 Å². The standard InChI is InChI=1S/C14H27N3O3/c1-11(2)10-17(14(20)9-16-13(4)19)8-6-5-7-15-12(3)18/h11H,5-10H2,1-4H3,(H,15,18)(H,16,19). The van der Waals surface area contributed by atoms with Gasteiger partial charge in [-0.1, -0.05) is 13.8 Å². The predicted molar refractivity (Wildman–Crippen MR) is 78.0 cm³/mol. The normalized spacial score (nSPS) is 10.2. The monoisotopic (exact) mass is 285 g/mol. The van der Waals surface area contributed by atoms with Gasteiger partial charge >= 0.3 is 0 Å². The molecule has 0 spiro atoms. The lowest BCUT2D eigenvalue weighted by Crippen LogP contribution is -2.42. The van der Waals surface area contributed by atoms with E-state index in [1.165, 1.54) is 13.8 Å². The zero-order valence-electron chi connectivity index (χ0n) is 13.0. The van der Waals surface area contributed by atoms with Crippen molar-refractivity contribution in [2.45, 2.75) is 40.5 Å². The van der Waals surface area contributed by atoms with Crippen molar-refractivity contribution in [3.8, 4) is 0 Å². The van der Waals surface area contributed by atoms with E-state index in [0.717, 1.165) is 12.8 Å². The molecule has 3 amide bonds. The van der Waals surface area contributed by atoms with Crippen molar-refractivity contribution in [2.24, 2.45) is 5.92 Å². The molecule has 0 aromatic carbocycles. The summed E-state index contributed by atoms with van der Waals surface area (Å²) in [7, 11) is 0. The van der Waals surface area contributed by atoms with Crippen LogP contribution >= 0.6 is 0 Å². The van der Waals surface area contributed by atoms with Crippen LogP contribution in [-0.2, 0) is 14.4 Å². The molecule has 20 heavy (non-hydrogen) atoms. The first-order chi connectivity index (χ1) is 9.32. The minimum atomic E-state index is -0.200. The van der Waals surface area contributed by atoms with Crippen molar-refractivity contribution in [2.75, 3.05) is 26.2 Å². The zero-order valence-corrected chi connectivity index (χ0v) is 13.0. The molecule has 2 N–H and O–H groups in total. The highest BCUT2D eigenvalue weighted by Crippen LogP contribution is 2.02. The summed E-state index contributed by atoms with van der Waals surface area (Å²) < 4.78 is 0. The van der Waals surface area contributed by atoms with Gasteiger partial charge in [-0.05, 0) is 18.8 Å². The molecule has 0 aliphatic heterocycles. The summed E-state index contributed by atoms with van der Waals surface area (Å²) in [5.74, 6) is 0.0827. The minimum Gasteiger partial charge on any atom is -0.356 e. The maximum Gasteiger partial charge on any atom is 0.241 e. The molecule has 0 heterocycles. The molecule has 0 aliphatic rings. The highest BCUT2D eigenvalue weighted by Gasteiger charge is 2.14. The van der Waals surface area contributed by atoms with Crippen LogP contribution in [0.2, 0.25) is 0 Å². The molecule has 0 bridgehead atoms. The van der Waals surface area contributed by atoms with Crippen LogP contribution in [0, 0.1) is 5.92 Å². The summed E-state index contributed by atoms with van der Waals surface area (Å²) in [5.41, 5.74) is 0. The van der Waals surface area contributed by atoms with Crippen LogP contribution in [-0.4, -0.2) is 48.8 Å². The average Bonchev–Trinajstić information content (AvgIpc) is 2.33. The summed E-state index contributed by atoms with van der Waals surface area (Å²) in [4.78, 5) is 35.3. The Kier molecular flexibility index (Phi) is 9.41. The Morgan fingerprint density at radius 3 is 2.10 bits per heavy atom. The number of amides is 3. The van der Waals surface area contributed by atoms with E-state index in [-0.39, 0.29) is 24.3 Å². The van der Waals surface area contributed by atoms with Gasteiger partial charge in [0.05, 0.1) is 6.54 Å². The smallest absolute Gasteiger partial charge is 0.241 e. The fourth-order valence-electron chi connectivity index (χ4n) is 1.76. The second-order valence-electron chi connectivity index (χ2n) is 5.33. The number of hydrogen-bond acceptors (Lipinski definition) is 3. The first-order valence-corrected chi connectivity index (χ1v) is 7.09. The van der Waals surface area contributed by atoms with Crippen LogP contribution in [0.5, 0.6) is 0 Å². The van der Waals surface area contributed by atoms with E-state index in [4.69, 9.17) is 0 Å². The second kappa shape index (κ2) is 10.2. The molecule has 0 saturated heterocycles. The Morgan fingerprint density at radius 1 is 1.00 bits per heavy atom. The zero-order chi connectivity index (χ0) is 15.5. The lowest BCUT2D eigenvalue weighted by molar-refractivity contribution is -0.133. The Bertz CT molecular complexity index is 330. The summed E-state index contributed by atoms with van der Waals surface area (Å²) in [5, 5.41) is 5.26. The summed E-state index contributed by atoms with van der Waals surface area (Å²) in [6, 6.07) is 0. The van der Waals surface area contributed by atoms with Gasteiger partial charge in [0.1, 0.15) is 0 Å². The van der Waals surface area contributed by atoms with Crippen molar-refractivity contribution in [1.29, 1.82) is 0 Å². The molecule has 0 fully saturated rings. The minimum absolute atomic E-state index is 0.0363. The van der Waals surface area contributed by atoms with Gasteiger partial charge in [-0.25, -0.2) is 0 Å². The summed E-state index contributed by atoms with van der Waals surface area (Å²) in [6.45, 7) is 8.99. The van der Waals surface area contributed by atoms with Crippen molar-refractivity contribution >= 4 is 17.7 Å². The first kappa shape index (κ1) is 18.4. The number of carbonyl (C=O) groups is 3. The molecular weight excluding hydrogens is 258 g/mol. The maximum atomic E-state index is 12.0. The highest BCUT2D eigenvalue weighted by atomic mass is 16.2. The molecule has 116 valence electrons. The Balaban J connectivity index is 4.10. The van der Waals surface area contributed by atoms with E-state index in [1.807, 2.05) is 0 Å². The average molecular weight is 285 g/mol. The number of rotatable bonds is 9. The predicted octanol–water partition coefficient (Wildman–Crippen LogP) is 0.523. The van der Waals surface area contributed by atoms with E-state index in [1.54, 1.807) is 4.90 Å². The highest BCUT2D eigenvalue weighted by molar-refractivity contribution is 5.83. The molecule has 0 aromatic rings. The van der Waals surface area contributed by atoms with E-state index < -0.39 is 0 Å². The van der Waals surface area contributed by atoms with Gasteiger partial charge in [-0.15, -0.1) is 0 Å². The lowest BCUT2D eigenvalue weighted by atomic mass is 10.2. The third-order valence-corrected chi connectivity index (χ3v) is 2.66. The Labute approximate surface area is 121 Å². The summed E-state index contributed by atoms with van der Waals surface area (Å²) in [6.07, 6.45) is 1.67. The van der Waals surface area contributed by atoms with E-state index in [2.05, 4.69) is 24.5 Å². The molecule has 0 radical (unpaired) electrons. The van der Waals surface area contributed by atoms with Crippen molar-refractivity contribution in [3.63, 3.8) is 0 Å². The molecule has 0 aromatic heterocycles. The van der Waals surface area contributed by atoms with Crippen LogP contribution in [0.3, 0.4) is 0 Å². The Morgan fingerprint density at radius 2 is 1.60 bits per heavy atom. The molecule has 6 nitrogen and oxygen atoms in total. The van der Waals surface area contributed by atoms with Gasteiger partial charge in [-0.3, -0.25) is 14.4 Å². The first-order valence-electron chi connectivity index (χ1n) is 7.09. The van der Waals surface area contributed by atoms with Gasteiger partial charge in [-0.2, -0.15) is 0 Å². The van der Waals surface area contributed by atoms with Crippen LogP contribution in [0.25, 0.3) is 0 Å².